The predicted octanol–water partition coefficient (Wildman–Crippen LogP) is 3.49. The molecule has 2 aliphatic rings. The molecule has 0 radical (unpaired) electrons. The van der Waals surface area contributed by atoms with E-state index in [2.05, 4.69) is 31.8 Å². The second kappa shape index (κ2) is 7.22. The number of anilines is 2. The average molecular weight is 410 g/mol. The number of imidazole rings is 1. The zero-order chi connectivity index (χ0) is 20.0. The second-order valence-corrected chi connectivity index (χ2v) is 8.45. The van der Waals surface area contributed by atoms with Gasteiger partial charge in [0, 0.05) is 24.7 Å². The third-order valence-electron chi connectivity index (χ3n) is 5.86. The van der Waals surface area contributed by atoms with Gasteiger partial charge in [0.2, 0.25) is 5.91 Å². The fourth-order valence-electron chi connectivity index (χ4n) is 4.40. The van der Waals surface area contributed by atoms with Gasteiger partial charge in [-0.25, -0.2) is 19.9 Å². The Morgan fingerprint density at radius 2 is 2.03 bits per heavy atom. The fraction of sp³-hybridized carbons (Fsp3) is 0.450. The van der Waals surface area contributed by atoms with Crippen LogP contribution >= 0.6 is 11.3 Å². The molecule has 5 rings (SSSR count). The van der Waals surface area contributed by atoms with Crippen molar-refractivity contribution in [3.63, 3.8) is 0 Å². The summed E-state index contributed by atoms with van der Waals surface area (Å²) in [4.78, 5) is 38.4. The number of carbonyl (C=O) groups is 1. The van der Waals surface area contributed by atoms with E-state index in [1.807, 2.05) is 12.4 Å². The molecule has 150 valence electrons. The van der Waals surface area contributed by atoms with Crippen molar-refractivity contribution in [3.8, 4) is 22.4 Å². The summed E-state index contributed by atoms with van der Waals surface area (Å²) in [7, 11) is 1.81. The van der Waals surface area contributed by atoms with E-state index >= 15 is 0 Å². The molecule has 3 aromatic heterocycles. The van der Waals surface area contributed by atoms with Crippen molar-refractivity contribution >= 4 is 28.7 Å². The number of hydrogen-bond acceptors (Lipinski definition) is 7. The molecule has 0 unspecified atom stereocenters. The Labute approximate surface area is 173 Å². The number of likely N-dealkylation sites (N-methyl/N-ethyl adjacent to an activating group) is 1. The number of amides is 1. The third-order valence-corrected chi connectivity index (χ3v) is 6.67. The predicted molar refractivity (Wildman–Crippen MR) is 113 cm³/mol. The highest BCUT2D eigenvalue weighted by atomic mass is 32.1. The van der Waals surface area contributed by atoms with Crippen molar-refractivity contribution < 1.29 is 4.79 Å². The van der Waals surface area contributed by atoms with Crippen molar-refractivity contribution in [1.82, 2.24) is 24.9 Å². The molecular weight excluding hydrogens is 386 g/mol. The van der Waals surface area contributed by atoms with E-state index in [4.69, 9.17) is 4.98 Å². The first-order chi connectivity index (χ1) is 14.2. The number of thiazole rings is 1. The zero-order valence-electron chi connectivity index (χ0n) is 16.5. The molecule has 0 aromatic carbocycles. The number of nitrogens with one attached hydrogen (secondary N) is 1. The summed E-state index contributed by atoms with van der Waals surface area (Å²) >= 11 is 1.55. The van der Waals surface area contributed by atoms with Gasteiger partial charge in [-0.1, -0.05) is 19.8 Å². The molecule has 3 aromatic rings. The van der Waals surface area contributed by atoms with Crippen LogP contribution in [-0.2, 0) is 4.79 Å². The lowest BCUT2D eigenvalue weighted by molar-refractivity contribution is -0.120. The van der Waals surface area contributed by atoms with Gasteiger partial charge in [-0.15, -0.1) is 11.3 Å². The van der Waals surface area contributed by atoms with Gasteiger partial charge < -0.3 is 14.8 Å². The zero-order valence-corrected chi connectivity index (χ0v) is 17.3. The molecule has 0 spiro atoms. The first kappa shape index (κ1) is 18.2. The van der Waals surface area contributed by atoms with Gasteiger partial charge >= 0.3 is 0 Å². The minimum absolute atomic E-state index is 0.118. The summed E-state index contributed by atoms with van der Waals surface area (Å²) in [6, 6.07) is 0.169. The SMILES string of the molecule is CC[C@@H]1C(=O)N(C)c2cnc(-c3ncc(-c4nccs4)[nH]3)nc2N1C1CCCC1. The number of H-pyrrole nitrogens is 1. The van der Waals surface area contributed by atoms with Gasteiger partial charge in [0.15, 0.2) is 17.5 Å². The van der Waals surface area contributed by atoms with Gasteiger partial charge in [0.05, 0.1) is 18.1 Å². The fourth-order valence-corrected chi connectivity index (χ4v) is 5.00. The number of aromatic amines is 1. The first-order valence-electron chi connectivity index (χ1n) is 10.1. The molecule has 9 heteroatoms. The molecule has 1 atom stereocenters. The summed E-state index contributed by atoms with van der Waals surface area (Å²) in [5, 5.41) is 2.81. The molecule has 0 bridgehead atoms. The molecule has 1 amide bonds. The standard InChI is InChI=1S/C20H23N7OS/c1-3-14-20(28)26(2)15-11-23-17(25-18(15)27(14)12-6-4-5-7-12)16-22-10-13(24-16)19-21-8-9-29-19/h8-12,14H,3-7H2,1-2H3,(H,22,24)/t14-/m1/s1. The van der Waals surface area contributed by atoms with E-state index in [0.717, 1.165) is 41.5 Å². The molecule has 0 saturated heterocycles. The van der Waals surface area contributed by atoms with Crippen LogP contribution in [0.1, 0.15) is 39.0 Å². The van der Waals surface area contributed by atoms with E-state index in [0.29, 0.717) is 17.7 Å². The summed E-state index contributed by atoms with van der Waals surface area (Å²) < 4.78 is 0. The quantitative estimate of drug-likeness (QED) is 0.709. The number of fused-ring (bicyclic) bond motifs is 1. The maximum Gasteiger partial charge on any atom is 0.249 e. The van der Waals surface area contributed by atoms with Gasteiger partial charge in [-0.05, 0) is 19.3 Å². The lowest BCUT2D eigenvalue weighted by Crippen LogP contribution is -2.55. The molecule has 4 heterocycles. The van der Waals surface area contributed by atoms with Crippen LogP contribution in [0.15, 0.2) is 24.0 Å². The Hall–Kier alpha value is -2.81. The van der Waals surface area contributed by atoms with Crippen molar-refractivity contribution in [1.29, 1.82) is 0 Å². The topological polar surface area (TPSA) is 90.9 Å². The van der Waals surface area contributed by atoms with Gasteiger partial charge in [-0.3, -0.25) is 4.79 Å². The van der Waals surface area contributed by atoms with Crippen LogP contribution in [0.4, 0.5) is 11.5 Å². The van der Waals surface area contributed by atoms with E-state index in [1.54, 1.807) is 34.8 Å². The number of aromatic nitrogens is 5. The second-order valence-electron chi connectivity index (χ2n) is 7.55. The number of rotatable bonds is 4. The first-order valence-corrected chi connectivity index (χ1v) is 10.9. The highest BCUT2D eigenvalue weighted by molar-refractivity contribution is 7.13. The molecule has 1 aliphatic heterocycles. The summed E-state index contributed by atoms with van der Waals surface area (Å²) in [6.07, 6.45) is 10.6. The molecule has 1 fully saturated rings. The number of hydrogen-bond donors (Lipinski definition) is 1. The molecule has 1 saturated carbocycles. The number of carbonyl (C=O) groups excluding carboxylic acids is 1. The molecule has 1 aliphatic carbocycles. The number of nitrogens with zero attached hydrogens (tertiary/aromatic N) is 6. The molecule has 29 heavy (non-hydrogen) atoms. The van der Waals surface area contributed by atoms with Crippen molar-refractivity contribution in [2.45, 2.75) is 51.1 Å². The highest BCUT2D eigenvalue weighted by Crippen LogP contribution is 2.40. The molecular formula is C20H23N7OS. The van der Waals surface area contributed by atoms with E-state index in [9.17, 15) is 4.79 Å². The van der Waals surface area contributed by atoms with Crippen LogP contribution < -0.4 is 9.80 Å². The largest absolute Gasteiger partial charge is 0.340 e. The summed E-state index contributed by atoms with van der Waals surface area (Å²) in [5.41, 5.74) is 1.62. The Bertz CT molecular complexity index is 1030. The van der Waals surface area contributed by atoms with Crippen molar-refractivity contribution in [2.75, 3.05) is 16.8 Å². The van der Waals surface area contributed by atoms with Crippen LogP contribution in [0.3, 0.4) is 0 Å². The van der Waals surface area contributed by atoms with E-state index in [1.165, 1.54) is 12.8 Å². The third kappa shape index (κ3) is 3.00. The van der Waals surface area contributed by atoms with Gasteiger partial charge in [0.25, 0.3) is 0 Å². The van der Waals surface area contributed by atoms with Crippen LogP contribution in [0, 0.1) is 0 Å². The maximum atomic E-state index is 13.0. The van der Waals surface area contributed by atoms with Crippen molar-refractivity contribution in [2.24, 2.45) is 0 Å². The smallest absolute Gasteiger partial charge is 0.249 e. The highest BCUT2D eigenvalue weighted by Gasteiger charge is 2.41. The summed E-state index contributed by atoms with van der Waals surface area (Å²) in [5.74, 6) is 2.10. The summed E-state index contributed by atoms with van der Waals surface area (Å²) in [6.45, 7) is 2.07. The normalized spacial score (nSPS) is 19.8. The van der Waals surface area contributed by atoms with Gasteiger partial charge in [-0.2, -0.15) is 0 Å². The van der Waals surface area contributed by atoms with E-state index < -0.39 is 0 Å². The van der Waals surface area contributed by atoms with Crippen LogP contribution in [0.25, 0.3) is 22.4 Å². The lowest BCUT2D eigenvalue weighted by Gasteiger charge is -2.43. The lowest BCUT2D eigenvalue weighted by atomic mass is 10.0. The Balaban J connectivity index is 1.58. The Morgan fingerprint density at radius 3 is 2.76 bits per heavy atom. The Kier molecular flexibility index (Phi) is 4.54. The Morgan fingerprint density at radius 1 is 1.21 bits per heavy atom. The average Bonchev–Trinajstić information content (AvgIpc) is 3.51. The van der Waals surface area contributed by atoms with Crippen LogP contribution in [0.2, 0.25) is 0 Å². The van der Waals surface area contributed by atoms with E-state index in [-0.39, 0.29) is 11.9 Å². The minimum atomic E-state index is -0.180. The van der Waals surface area contributed by atoms with Crippen LogP contribution in [0.5, 0.6) is 0 Å². The maximum absolute atomic E-state index is 13.0. The molecule has 1 N–H and O–H groups in total. The minimum Gasteiger partial charge on any atom is -0.340 e. The van der Waals surface area contributed by atoms with Crippen molar-refractivity contribution in [3.05, 3.63) is 24.0 Å². The monoisotopic (exact) mass is 409 g/mol. The van der Waals surface area contributed by atoms with Gasteiger partial charge in [0.1, 0.15) is 16.7 Å². The van der Waals surface area contributed by atoms with Crippen LogP contribution in [-0.4, -0.2) is 50.0 Å². The molecule has 8 nitrogen and oxygen atoms in total.